The molecule has 8 heteroatoms. The molecule has 2 aromatic rings. The van der Waals surface area contributed by atoms with E-state index in [1.807, 2.05) is 0 Å². The highest BCUT2D eigenvalue weighted by molar-refractivity contribution is 5.82. The molecule has 1 fully saturated rings. The highest BCUT2D eigenvalue weighted by Crippen LogP contribution is 2.37. The number of imidazole rings is 1. The molecule has 0 radical (unpaired) electrons. The maximum absolute atomic E-state index is 13.5. The van der Waals surface area contributed by atoms with Crippen LogP contribution in [-0.4, -0.2) is 46.5 Å². The molecule has 2 aliphatic heterocycles. The SMILES string of the molecule is CC(C)CNC(=O)[C@@H]1Cc2[nH]cnc2C2(CCN(Cc3cc(F)cc(F)c3)CC2)N1. The van der Waals surface area contributed by atoms with Crippen molar-refractivity contribution in [2.24, 2.45) is 5.92 Å². The topological polar surface area (TPSA) is 73.0 Å². The lowest BCUT2D eigenvalue weighted by Crippen LogP contribution is -2.61. The van der Waals surface area contributed by atoms with Gasteiger partial charge in [-0.1, -0.05) is 13.8 Å². The summed E-state index contributed by atoms with van der Waals surface area (Å²) < 4.78 is 27.0. The Morgan fingerprint density at radius 1 is 1.27 bits per heavy atom. The Hall–Kier alpha value is -2.32. The molecule has 2 aliphatic rings. The molecule has 4 rings (SSSR count). The van der Waals surface area contributed by atoms with Crippen LogP contribution in [0.2, 0.25) is 0 Å². The minimum Gasteiger partial charge on any atom is -0.354 e. The molecule has 0 aliphatic carbocycles. The molecule has 1 amide bonds. The van der Waals surface area contributed by atoms with Crippen LogP contribution in [-0.2, 0) is 23.3 Å². The van der Waals surface area contributed by atoms with Crippen LogP contribution < -0.4 is 10.6 Å². The van der Waals surface area contributed by atoms with Gasteiger partial charge < -0.3 is 10.3 Å². The molecule has 1 spiro atoms. The lowest BCUT2D eigenvalue weighted by Gasteiger charge is -2.46. The van der Waals surface area contributed by atoms with Gasteiger partial charge in [0, 0.05) is 44.4 Å². The fraction of sp³-hybridized carbons (Fsp3) is 0.545. The Balaban J connectivity index is 1.45. The van der Waals surface area contributed by atoms with Crippen LogP contribution in [0.1, 0.15) is 43.6 Å². The van der Waals surface area contributed by atoms with Gasteiger partial charge in [0.2, 0.25) is 5.91 Å². The quantitative estimate of drug-likeness (QED) is 0.699. The van der Waals surface area contributed by atoms with E-state index < -0.39 is 11.6 Å². The fourth-order valence-electron chi connectivity index (χ4n) is 4.57. The van der Waals surface area contributed by atoms with Gasteiger partial charge >= 0.3 is 0 Å². The zero-order valence-electron chi connectivity index (χ0n) is 17.5. The second-order valence-corrected chi connectivity index (χ2v) is 8.91. The van der Waals surface area contributed by atoms with Gasteiger partial charge in [0.25, 0.3) is 0 Å². The molecule has 0 saturated carbocycles. The molecular weight excluding hydrogens is 388 g/mol. The Kier molecular flexibility index (Phi) is 5.88. The minimum absolute atomic E-state index is 0.0148. The maximum Gasteiger partial charge on any atom is 0.237 e. The monoisotopic (exact) mass is 417 g/mol. The lowest BCUT2D eigenvalue weighted by atomic mass is 9.78. The second kappa shape index (κ2) is 8.43. The van der Waals surface area contributed by atoms with E-state index in [1.165, 1.54) is 12.1 Å². The number of benzene rings is 1. The van der Waals surface area contributed by atoms with E-state index in [2.05, 4.69) is 39.3 Å². The van der Waals surface area contributed by atoms with Crippen LogP contribution in [0.3, 0.4) is 0 Å². The number of H-pyrrole nitrogens is 1. The summed E-state index contributed by atoms with van der Waals surface area (Å²) in [5.74, 6) is -0.696. The number of nitrogens with one attached hydrogen (secondary N) is 3. The van der Waals surface area contributed by atoms with E-state index in [0.717, 1.165) is 43.4 Å². The first-order valence-electron chi connectivity index (χ1n) is 10.6. The van der Waals surface area contributed by atoms with Crippen molar-refractivity contribution in [2.45, 2.75) is 51.2 Å². The number of aromatic nitrogens is 2. The summed E-state index contributed by atoms with van der Waals surface area (Å²) in [6, 6.07) is 3.35. The summed E-state index contributed by atoms with van der Waals surface area (Å²) in [6.45, 7) is 6.79. The van der Waals surface area contributed by atoms with Crippen LogP contribution in [0, 0.1) is 17.6 Å². The first kappa shape index (κ1) is 20.9. The van der Waals surface area contributed by atoms with Crippen molar-refractivity contribution in [2.75, 3.05) is 19.6 Å². The zero-order valence-corrected chi connectivity index (χ0v) is 17.5. The van der Waals surface area contributed by atoms with Crippen molar-refractivity contribution < 1.29 is 13.6 Å². The molecule has 3 heterocycles. The normalized spacial score (nSPS) is 21.0. The standard InChI is InChI=1S/C22H29F2N5O/c1-14(2)11-25-21(30)19-10-18-20(27-13-26-18)22(28-19)3-5-29(6-4-22)12-15-7-16(23)9-17(24)8-15/h7-9,13-14,19,28H,3-6,10-12H2,1-2H3,(H,25,30)(H,26,27)/t19-/m0/s1. The van der Waals surface area contributed by atoms with E-state index in [9.17, 15) is 13.6 Å². The summed E-state index contributed by atoms with van der Waals surface area (Å²) in [5.41, 5.74) is 2.27. The van der Waals surface area contributed by atoms with Crippen LogP contribution in [0.4, 0.5) is 8.78 Å². The first-order valence-corrected chi connectivity index (χ1v) is 10.6. The van der Waals surface area contributed by atoms with Crippen molar-refractivity contribution in [3.8, 4) is 0 Å². The third-order valence-electron chi connectivity index (χ3n) is 6.07. The predicted molar refractivity (Wildman–Crippen MR) is 110 cm³/mol. The van der Waals surface area contributed by atoms with Gasteiger partial charge in [-0.2, -0.15) is 0 Å². The number of halogens is 2. The maximum atomic E-state index is 13.5. The van der Waals surface area contributed by atoms with E-state index in [0.29, 0.717) is 31.0 Å². The van der Waals surface area contributed by atoms with Gasteiger partial charge in [-0.05, 0) is 36.5 Å². The van der Waals surface area contributed by atoms with Gasteiger partial charge in [0.1, 0.15) is 11.6 Å². The average Bonchev–Trinajstić information content (AvgIpc) is 3.17. The molecule has 162 valence electrons. The van der Waals surface area contributed by atoms with Crippen molar-refractivity contribution in [3.63, 3.8) is 0 Å². The highest BCUT2D eigenvalue weighted by atomic mass is 19.1. The highest BCUT2D eigenvalue weighted by Gasteiger charge is 2.45. The lowest BCUT2D eigenvalue weighted by molar-refractivity contribution is -0.124. The molecule has 0 bridgehead atoms. The molecule has 1 saturated heterocycles. The van der Waals surface area contributed by atoms with Gasteiger partial charge in [0.15, 0.2) is 0 Å². The molecule has 30 heavy (non-hydrogen) atoms. The van der Waals surface area contributed by atoms with Gasteiger partial charge in [-0.25, -0.2) is 13.8 Å². The summed E-state index contributed by atoms with van der Waals surface area (Å²) in [6.07, 6.45) is 3.84. The Morgan fingerprint density at radius 3 is 2.63 bits per heavy atom. The Bertz CT molecular complexity index is 884. The number of likely N-dealkylation sites (tertiary alicyclic amines) is 1. The first-order chi connectivity index (χ1) is 14.3. The van der Waals surface area contributed by atoms with Crippen LogP contribution in [0.5, 0.6) is 0 Å². The third kappa shape index (κ3) is 4.39. The third-order valence-corrected chi connectivity index (χ3v) is 6.07. The number of piperidine rings is 1. The molecule has 6 nitrogen and oxygen atoms in total. The second-order valence-electron chi connectivity index (χ2n) is 8.91. The largest absolute Gasteiger partial charge is 0.354 e. The number of carbonyl (C=O) groups excluding carboxylic acids is 1. The van der Waals surface area contributed by atoms with E-state index in [1.54, 1.807) is 6.33 Å². The summed E-state index contributed by atoms with van der Waals surface area (Å²) in [4.78, 5) is 22.7. The van der Waals surface area contributed by atoms with Crippen LogP contribution >= 0.6 is 0 Å². The summed E-state index contributed by atoms with van der Waals surface area (Å²) in [7, 11) is 0. The van der Waals surface area contributed by atoms with Crippen LogP contribution in [0.15, 0.2) is 24.5 Å². The molecule has 3 N–H and O–H groups in total. The van der Waals surface area contributed by atoms with Crippen molar-refractivity contribution >= 4 is 5.91 Å². The minimum atomic E-state index is -0.552. The number of nitrogens with zero attached hydrogens (tertiary/aromatic N) is 2. The number of aromatic amines is 1. The van der Waals surface area contributed by atoms with Gasteiger partial charge in [0.05, 0.1) is 23.6 Å². The number of hydrogen-bond acceptors (Lipinski definition) is 4. The van der Waals surface area contributed by atoms with Crippen molar-refractivity contribution in [1.82, 2.24) is 25.5 Å². The number of rotatable bonds is 5. The van der Waals surface area contributed by atoms with Gasteiger partial charge in [-0.3, -0.25) is 15.0 Å². The number of amides is 1. The van der Waals surface area contributed by atoms with Crippen LogP contribution in [0.25, 0.3) is 0 Å². The summed E-state index contributed by atoms with van der Waals surface area (Å²) in [5, 5.41) is 6.63. The zero-order chi connectivity index (χ0) is 21.3. The van der Waals surface area contributed by atoms with Crippen molar-refractivity contribution in [1.29, 1.82) is 0 Å². The molecule has 1 aromatic carbocycles. The Morgan fingerprint density at radius 2 is 1.97 bits per heavy atom. The van der Waals surface area contributed by atoms with E-state index in [-0.39, 0.29) is 17.5 Å². The number of hydrogen-bond donors (Lipinski definition) is 3. The number of fused-ring (bicyclic) bond motifs is 2. The number of carbonyl (C=O) groups is 1. The van der Waals surface area contributed by atoms with Gasteiger partial charge in [-0.15, -0.1) is 0 Å². The average molecular weight is 418 g/mol. The predicted octanol–water partition coefficient (Wildman–Crippen LogP) is 2.47. The van der Waals surface area contributed by atoms with E-state index in [4.69, 9.17) is 0 Å². The van der Waals surface area contributed by atoms with Crippen molar-refractivity contribution in [3.05, 3.63) is 53.1 Å². The fourth-order valence-corrected chi connectivity index (χ4v) is 4.57. The molecular formula is C22H29F2N5O. The molecule has 1 atom stereocenters. The van der Waals surface area contributed by atoms with E-state index >= 15 is 0 Å². The smallest absolute Gasteiger partial charge is 0.237 e. The molecule has 0 unspecified atom stereocenters. The Labute approximate surface area is 175 Å². The molecule has 1 aromatic heterocycles. The summed E-state index contributed by atoms with van der Waals surface area (Å²) >= 11 is 0.